The number of nitrogens with one attached hydrogen (secondary N) is 1. The van der Waals surface area contributed by atoms with E-state index < -0.39 is 0 Å². The van der Waals surface area contributed by atoms with E-state index >= 15 is 0 Å². The smallest absolute Gasteiger partial charge is 0.248 e. The van der Waals surface area contributed by atoms with Crippen molar-refractivity contribution in [2.75, 3.05) is 5.32 Å². The molecule has 0 aliphatic heterocycles. The van der Waals surface area contributed by atoms with Gasteiger partial charge in [0.05, 0.1) is 5.69 Å². The van der Waals surface area contributed by atoms with Gasteiger partial charge in [-0.05, 0) is 26.0 Å². The predicted molar refractivity (Wildman–Crippen MR) is 56.2 cm³/mol. The van der Waals surface area contributed by atoms with Gasteiger partial charge in [0.15, 0.2) is 0 Å². The molecule has 3 nitrogen and oxygen atoms in total. The number of hydrogen-bond acceptors (Lipinski definition) is 2. The molecule has 0 aromatic heterocycles. The van der Waals surface area contributed by atoms with Crippen molar-refractivity contribution < 1.29 is 9.90 Å². The highest BCUT2D eigenvalue weighted by molar-refractivity contribution is 6.00. The standard InChI is InChI=1S/C11H13NO2/c1-8(2)7-11(14)12-9-5-3-4-6-10(9)13/h3-7,13H,1-2H3,(H,12,14). The summed E-state index contributed by atoms with van der Waals surface area (Å²) in [5.41, 5.74) is 1.34. The molecule has 0 unspecified atom stereocenters. The Bertz CT molecular complexity index is 365. The molecule has 1 amide bonds. The Morgan fingerprint density at radius 2 is 2.00 bits per heavy atom. The normalized spacial score (nSPS) is 9.29. The fourth-order valence-corrected chi connectivity index (χ4v) is 1.01. The molecule has 0 heterocycles. The van der Waals surface area contributed by atoms with Gasteiger partial charge in [-0.3, -0.25) is 4.79 Å². The van der Waals surface area contributed by atoms with Crippen molar-refractivity contribution >= 4 is 11.6 Å². The Hall–Kier alpha value is -1.77. The van der Waals surface area contributed by atoms with Gasteiger partial charge in [0, 0.05) is 6.08 Å². The Balaban J connectivity index is 2.75. The van der Waals surface area contributed by atoms with Crippen molar-refractivity contribution in [1.29, 1.82) is 0 Å². The summed E-state index contributed by atoms with van der Waals surface area (Å²) in [6, 6.07) is 6.62. The molecule has 0 spiro atoms. The lowest BCUT2D eigenvalue weighted by atomic mass is 10.2. The highest BCUT2D eigenvalue weighted by Crippen LogP contribution is 2.21. The van der Waals surface area contributed by atoms with E-state index in [1.54, 1.807) is 18.2 Å². The molecule has 1 aromatic carbocycles. The number of carbonyl (C=O) groups excluding carboxylic acids is 1. The molecule has 1 rings (SSSR count). The molecule has 0 bridgehead atoms. The van der Waals surface area contributed by atoms with E-state index in [0.717, 1.165) is 5.57 Å². The minimum Gasteiger partial charge on any atom is -0.506 e. The summed E-state index contributed by atoms with van der Waals surface area (Å²) < 4.78 is 0. The summed E-state index contributed by atoms with van der Waals surface area (Å²) in [6.07, 6.45) is 1.48. The molecule has 0 radical (unpaired) electrons. The van der Waals surface area contributed by atoms with Gasteiger partial charge in [0.2, 0.25) is 5.91 Å². The maximum Gasteiger partial charge on any atom is 0.248 e. The number of benzene rings is 1. The number of rotatable bonds is 2. The van der Waals surface area contributed by atoms with Gasteiger partial charge in [-0.25, -0.2) is 0 Å². The summed E-state index contributed by atoms with van der Waals surface area (Å²) in [5, 5.41) is 11.9. The van der Waals surface area contributed by atoms with Gasteiger partial charge >= 0.3 is 0 Å². The van der Waals surface area contributed by atoms with Crippen LogP contribution in [0.15, 0.2) is 35.9 Å². The molecule has 2 N–H and O–H groups in total. The van der Waals surface area contributed by atoms with Gasteiger partial charge in [-0.15, -0.1) is 0 Å². The van der Waals surface area contributed by atoms with Crippen LogP contribution < -0.4 is 5.32 Å². The molecule has 1 aromatic rings. The molecule has 74 valence electrons. The van der Waals surface area contributed by atoms with Crippen LogP contribution in [0.25, 0.3) is 0 Å². The SMILES string of the molecule is CC(C)=CC(=O)Nc1ccccc1O. The van der Waals surface area contributed by atoms with E-state index in [1.807, 2.05) is 13.8 Å². The van der Waals surface area contributed by atoms with Crippen LogP contribution in [0.2, 0.25) is 0 Å². The van der Waals surface area contributed by atoms with E-state index in [1.165, 1.54) is 12.1 Å². The summed E-state index contributed by atoms with van der Waals surface area (Å²) in [5.74, 6) is -0.158. The first kappa shape index (κ1) is 10.3. The molecule has 14 heavy (non-hydrogen) atoms. The second kappa shape index (κ2) is 4.46. The van der Waals surface area contributed by atoms with Crippen LogP contribution in [0, 0.1) is 0 Å². The Morgan fingerprint density at radius 1 is 1.36 bits per heavy atom. The minimum atomic E-state index is -0.230. The fourth-order valence-electron chi connectivity index (χ4n) is 1.01. The Morgan fingerprint density at radius 3 is 2.57 bits per heavy atom. The third-order valence-electron chi connectivity index (χ3n) is 1.58. The average Bonchev–Trinajstić information content (AvgIpc) is 2.07. The molecule has 3 heteroatoms. The average molecular weight is 191 g/mol. The predicted octanol–water partition coefficient (Wildman–Crippen LogP) is 2.30. The van der Waals surface area contributed by atoms with Gasteiger partial charge in [0.1, 0.15) is 5.75 Å². The maximum absolute atomic E-state index is 11.3. The summed E-state index contributed by atoms with van der Waals surface area (Å²) >= 11 is 0. The summed E-state index contributed by atoms with van der Waals surface area (Å²) in [6.45, 7) is 3.68. The quantitative estimate of drug-likeness (QED) is 0.556. The summed E-state index contributed by atoms with van der Waals surface area (Å²) in [4.78, 5) is 11.3. The van der Waals surface area contributed by atoms with E-state index in [2.05, 4.69) is 5.32 Å². The molecule has 0 fully saturated rings. The molecule has 0 saturated carbocycles. The lowest BCUT2D eigenvalue weighted by molar-refractivity contribution is -0.112. The lowest BCUT2D eigenvalue weighted by Gasteiger charge is -2.04. The van der Waals surface area contributed by atoms with E-state index in [9.17, 15) is 9.90 Å². The van der Waals surface area contributed by atoms with Gasteiger partial charge in [0.25, 0.3) is 0 Å². The van der Waals surface area contributed by atoms with Crippen LogP contribution >= 0.6 is 0 Å². The van der Waals surface area contributed by atoms with Gasteiger partial charge in [-0.1, -0.05) is 17.7 Å². The second-order valence-electron chi connectivity index (χ2n) is 3.23. The lowest BCUT2D eigenvalue weighted by Crippen LogP contribution is -2.08. The Kier molecular flexibility index (Phi) is 3.29. The zero-order valence-corrected chi connectivity index (χ0v) is 8.24. The van der Waals surface area contributed by atoms with Crippen LogP contribution in [-0.2, 0) is 4.79 Å². The molecule has 0 atom stereocenters. The summed E-state index contributed by atoms with van der Waals surface area (Å²) in [7, 11) is 0. The monoisotopic (exact) mass is 191 g/mol. The number of para-hydroxylation sites is 2. The second-order valence-corrected chi connectivity index (χ2v) is 3.23. The topological polar surface area (TPSA) is 49.3 Å². The minimum absolute atomic E-state index is 0.0722. The number of allylic oxidation sites excluding steroid dienone is 1. The number of aromatic hydroxyl groups is 1. The number of hydrogen-bond donors (Lipinski definition) is 2. The van der Waals surface area contributed by atoms with Crippen LogP contribution in [0.4, 0.5) is 5.69 Å². The van der Waals surface area contributed by atoms with Crippen molar-refractivity contribution in [3.8, 4) is 5.75 Å². The zero-order valence-electron chi connectivity index (χ0n) is 8.24. The number of anilines is 1. The largest absolute Gasteiger partial charge is 0.506 e. The molecular formula is C11H13NO2. The van der Waals surface area contributed by atoms with Crippen molar-refractivity contribution in [3.63, 3.8) is 0 Å². The fraction of sp³-hybridized carbons (Fsp3) is 0.182. The third-order valence-corrected chi connectivity index (χ3v) is 1.58. The van der Waals surface area contributed by atoms with Crippen LogP contribution in [0.3, 0.4) is 0 Å². The third kappa shape index (κ3) is 2.94. The van der Waals surface area contributed by atoms with Crippen molar-refractivity contribution in [1.82, 2.24) is 0 Å². The van der Waals surface area contributed by atoms with Crippen LogP contribution in [-0.4, -0.2) is 11.0 Å². The number of phenolic OH excluding ortho intramolecular Hbond substituents is 1. The van der Waals surface area contributed by atoms with Gasteiger partial charge in [-0.2, -0.15) is 0 Å². The number of carbonyl (C=O) groups is 1. The van der Waals surface area contributed by atoms with E-state index in [0.29, 0.717) is 5.69 Å². The first-order valence-electron chi connectivity index (χ1n) is 4.33. The molecule has 0 saturated heterocycles. The first-order valence-corrected chi connectivity index (χ1v) is 4.33. The van der Waals surface area contributed by atoms with Crippen LogP contribution in [0.1, 0.15) is 13.8 Å². The van der Waals surface area contributed by atoms with Gasteiger partial charge < -0.3 is 10.4 Å². The molecule has 0 aliphatic rings. The van der Waals surface area contributed by atoms with E-state index in [4.69, 9.17) is 0 Å². The maximum atomic E-state index is 11.3. The zero-order chi connectivity index (χ0) is 10.6. The van der Waals surface area contributed by atoms with E-state index in [-0.39, 0.29) is 11.7 Å². The number of phenols is 1. The highest BCUT2D eigenvalue weighted by atomic mass is 16.3. The molecular weight excluding hydrogens is 178 g/mol. The van der Waals surface area contributed by atoms with Crippen molar-refractivity contribution in [2.45, 2.75) is 13.8 Å². The first-order chi connectivity index (χ1) is 6.59. The molecule has 0 aliphatic carbocycles. The van der Waals surface area contributed by atoms with Crippen molar-refractivity contribution in [3.05, 3.63) is 35.9 Å². The number of amides is 1. The van der Waals surface area contributed by atoms with Crippen molar-refractivity contribution in [2.24, 2.45) is 0 Å². The Labute approximate surface area is 83.1 Å². The van der Waals surface area contributed by atoms with Crippen LogP contribution in [0.5, 0.6) is 5.75 Å². The highest BCUT2D eigenvalue weighted by Gasteiger charge is 2.01.